The summed E-state index contributed by atoms with van der Waals surface area (Å²) in [5.41, 5.74) is 4.63. The van der Waals surface area contributed by atoms with Gasteiger partial charge in [0.1, 0.15) is 0 Å². The summed E-state index contributed by atoms with van der Waals surface area (Å²) in [6.45, 7) is 1.74. The lowest BCUT2D eigenvalue weighted by molar-refractivity contribution is 0.814. The SMILES string of the molecule is Clc1nnc(N/N=C/c2cccnc2)cc1N1CC=CCC1. The Kier molecular flexibility index (Phi) is 4.60. The Morgan fingerprint density at radius 2 is 2.27 bits per heavy atom. The number of aromatic nitrogens is 3. The van der Waals surface area contributed by atoms with Gasteiger partial charge in [0.15, 0.2) is 11.0 Å². The minimum Gasteiger partial charge on any atom is -0.365 e. The third-order valence-electron chi connectivity index (χ3n) is 3.21. The number of hydrogen-bond acceptors (Lipinski definition) is 6. The molecule has 0 aliphatic carbocycles. The average Bonchev–Trinajstić information content (AvgIpc) is 2.58. The predicted octanol–water partition coefficient (Wildman–Crippen LogP) is 2.74. The fraction of sp³-hybridized carbons (Fsp3) is 0.200. The van der Waals surface area contributed by atoms with Gasteiger partial charge in [0.25, 0.3) is 0 Å². The number of hydrazone groups is 1. The number of hydrogen-bond donors (Lipinski definition) is 1. The second-order valence-electron chi connectivity index (χ2n) is 4.77. The van der Waals surface area contributed by atoms with E-state index in [4.69, 9.17) is 11.6 Å². The molecule has 0 spiro atoms. The third-order valence-corrected chi connectivity index (χ3v) is 3.48. The molecule has 1 aliphatic rings. The molecule has 0 amide bonds. The van der Waals surface area contributed by atoms with E-state index < -0.39 is 0 Å². The maximum absolute atomic E-state index is 6.15. The van der Waals surface area contributed by atoms with Crippen molar-refractivity contribution >= 4 is 29.3 Å². The molecule has 7 heteroatoms. The van der Waals surface area contributed by atoms with Crippen molar-refractivity contribution in [2.45, 2.75) is 6.42 Å². The van der Waals surface area contributed by atoms with Gasteiger partial charge in [-0.15, -0.1) is 10.2 Å². The average molecular weight is 315 g/mol. The summed E-state index contributed by atoms with van der Waals surface area (Å²) >= 11 is 6.15. The Balaban J connectivity index is 1.72. The van der Waals surface area contributed by atoms with Crippen molar-refractivity contribution in [3.63, 3.8) is 0 Å². The molecule has 0 radical (unpaired) electrons. The van der Waals surface area contributed by atoms with Crippen LogP contribution in [0, 0.1) is 0 Å². The lowest BCUT2D eigenvalue weighted by atomic mass is 10.2. The molecule has 3 rings (SSSR count). The highest BCUT2D eigenvalue weighted by atomic mass is 35.5. The van der Waals surface area contributed by atoms with Crippen molar-refractivity contribution in [3.8, 4) is 0 Å². The van der Waals surface area contributed by atoms with Crippen LogP contribution in [0.2, 0.25) is 5.15 Å². The van der Waals surface area contributed by atoms with Gasteiger partial charge in [-0.05, 0) is 12.5 Å². The van der Waals surface area contributed by atoms with Gasteiger partial charge in [0, 0.05) is 37.1 Å². The van der Waals surface area contributed by atoms with Crippen LogP contribution in [-0.4, -0.2) is 34.5 Å². The number of rotatable bonds is 4. The van der Waals surface area contributed by atoms with Crippen molar-refractivity contribution in [2.75, 3.05) is 23.4 Å². The molecule has 1 N–H and O–H groups in total. The van der Waals surface area contributed by atoms with Crippen molar-refractivity contribution in [1.82, 2.24) is 15.2 Å². The van der Waals surface area contributed by atoms with Crippen molar-refractivity contribution in [3.05, 3.63) is 53.5 Å². The Hall–Kier alpha value is -2.47. The second-order valence-corrected chi connectivity index (χ2v) is 5.13. The largest absolute Gasteiger partial charge is 0.365 e. The maximum atomic E-state index is 6.15. The predicted molar refractivity (Wildman–Crippen MR) is 88.5 cm³/mol. The molecule has 0 saturated carbocycles. The van der Waals surface area contributed by atoms with E-state index in [9.17, 15) is 0 Å². The fourth-order valence-electron chi connectivity index (χ4n) is 2.13. The standard InChI is InChI=1S/C15H15ClN6/c16-15-13(22-7-2-1-3-8-22)9-14(20-21-15)19-18-11-12-5-4-6-17-10-12/h1-2,4-6,9-11H,3,7-8H2,(H,19,20)/b18-11+. The van der Waals surface area contributed by atoms with Gasteiger partial charge in [-0.1, -0.05) is 29.8 Å². The summed E-state index contributed by atoms with van der Waals surface area (Å²) in [5, 5.41) is 12.5. The van der Waals surface area contributed by atoms with Gasteiger partial charge in [-0.2, -0.15) is 5.10 Å². The topological polar surface area (TPSA) is 66.3 Å². The molecule has 2 aromatic rings. The zero-order chi connectivity index (χ0) is 15.2. The number of halogens is 1. The van der Waals surface area contributed by atoms with Gasteiger partial charge in [0.2, 0.25) is 0 Å². The number of nitrogens with one attached hydrogen (secondary N) is 1. The highest BCUT2D eigenvalue weighted by Crippen LogP contribution is 2.26. The number of nitrogens with zero attached hydrogens (tertiary/aromatic N) is 5. The Bertz CT molecular complexity index is 686. The van der Waals surface area contributed by atoms with Crippen LogP contribution in [0.15, 0.2) is 47.8 Å². The zero-order valence-electron chi connectivity index (χ0n) is 11.9. The van der Waals surface area contributed by atoms with Crippen LogP contribution in [0.25, 0.3) is 0 Å². The monoisotopic (exact) mass is 314 g/mol. The zero-order valence-corrected chi connectivity index (χ0v) is 12.6. The summed E-state index contributed by atoms with van der Waals surface area (Å²) < 4.78 is 0. The first-order valence-corrected chi connectivity index (χ1v) is 7.33. The third kappa shape index (κ3) is 3.59. The van der Waals surface area contributed by atoms with Crippen LogP contribution in [0.5, 0.6) is 0 Å². The van der Waals surface area contributed by atoms with Crippen molar-refractivity contribution in [1.29, 1.82) is 0 Å². The summed E-state index contributed by atoms with van der Waals surface area (Å²) in [6.07, 6.45) is 10.4. The first-order valence-electron chi connectivity index (χ1n) is 6.95. The molecule has 2 aromatic heterocycles. The Labute approximate surface area is 133 Å². The van der Waals surface area contributed by atoms with Crippen LogP contribution in [0.4, 0.5) is 11.5 Å². The van der Waals surface area contributed by atoms with E-state index in [0.717, 1.165) is 30.8 Å². The number of anilines is 2. The van der Waals surface area contributed by atoms with E-state index in [2.05, 4.69) is 42.8 Å². The summed E-state index contributed by atoms with van der Waals surface area (Å²) in [4.78, 5) is 6.18. The molecule has 6 nitrogen and oxygen atoms in total. The first-order chi connectivity index (χ1) is 10.8. The minimum atomic E-state index is 0.400. The molecular formula is C15H15ClN6. The molecule has 1 aliphatic heterocycles. The van der Waals surface area contributed by atoms with E-state index in [1.807, 2.05) is 18.2 Å². The summed E-state index contributed by atoms with van der Waals surface area (Å²) in [7, 11) is 0. The molecular weight excluding hydrogens is 300 g/mol. The molecule has 0 aromatic carbocycles. The van der Waals surface area contributed by atoms with E-state index in [1.165, 1.54) is 0 Å². The van der Waals surface area contributed by atoms with E-state index in [-0.39, 0.29) is 0 Å². The second kappa shape index (κ2) is 7.00. The van der Waals surface area contributed by atoms with Gasteiger partial charge in [-0.3, -0.25) is 10.4 Å². The first kappa shape index (κ1) is 14.5. The van der Waals surface area contributed by atoms with Gasteiger partial charge >= 0.3 is 0 Å². The van der Waals surface area contributed by atoms with E-state index >= 15 is 0 Å². The highest BCUT2D eigenvalue weighted by molar-refractivity contribution is 6.32. The molecule has 112 valence electrons. The molecule has 22 heavy (non-hydrogen) atoms. The van der Waals surface area contributed by atoms with Crippen LogP contribution < -0.4 is 10.3 Å². The molecule has 0 atom stereocenters. The molecule has 0 unspecified atom stereocenters. The van der Waals surface area contributed by atoms with Gasteiger partial charge in [-0.25, -0.2) is 0 Å². The minimum absolute atomic E-state index is 0.400. The van der Waals surface area contributed by atoms with Gasteiger partial charge < -0.3 is 4.90 Å². The van der Waals surface area contributed by atoms with Crippen LogP contribution in [0.3, 0.4) is 0 Å². The summed E-state index contributed by atoms with van der Waals surface area (Å²) in [5.74, 6) is 0.550. The summed E-state index contributed by atoms with van der Waals surface area (Å²) in [6, 6.07) is 5.62. The smallest absolute Gasteiger partial charge is 0.175 e. The maximum Gasteiger partial charge on any atom is 0.175 e. The molecule has 0 fully saturated rings. The molecule has 0 saturated heterocycles. The number of pyridine rings is 1. The van der Waals surface area contributed by atoms with Crippen molar-refractivity contribution < 1.29 is 0 Å². The lowest BCUT2D eigenvalue weighted by Gasteiger charge is -2.25. The quantitative estimate of drug-likeness (QED) is 0.534. The molecule has 3 heterocycles. The highest BCUT2D eigenvalue weighted by Gasteiger charge is 2.13. The van der Waals surface area contributed by atoms with Crippen LogP contribution >= 0.6 is 11.6 Å². The van der Waals surface area contributed by atoms with Gasteiger partial charge in [0.05, 0.1) is 11.9 Å². The fourth-order valence-corrected chi connectivity index (χ4v) is 2.34. The molecule has 0 bridgehead atoms. The Morgan fingerprint density at radius 1 is 1.32 bits per heavy atom. The van der Waals surface area contributed by atoms with E-state index in [1.54, 1.807) is 18.6 Å². The van der Waals surface area contributed by atoms with E-state index in [0.29, 0.717) is 11.0 Å². The van der Waals surface area contributed by atoms with Crippen LogP contribution in [-0.2, 0) is 0 Å². The Morgan fingerprint density at radius 3 is 3.05 bits per heavy atom. The lowest BCUT2D eigenvalue weighted by Crippen LogP contribution is -2.27. The van der Waals surface area contributed by atoms with Crippen molar-refractivity contribution in [2.24, 2.45) is 5.10 Å². The normalized spacial score (nSPS) is 14.5. The van der Waals surface area contributed by atoms with Crippen LogP contribution in [0.1, 0.15) is 12.0 Å².